The Hall–Kier alpha value is -0.610. The molecule has 0 radical (unpaired) electrons. The molecular weight excluding hydrogens is 216 g/mol. The molecule has 0 saturated heterocycles. The van der Waals surface area contributed by atoms with E-state index < -0.39 is 0 Å². The monoisotopic (exact) mass is 242 g/mol. The Balaban J connectivity index is 2.09. The van der Waals surface area contributed by atoms with E-state index in [9.17, 15) is 4.79 Å². The fourth-order valence-electron chi connectivity index (χ4n) is 2.06. The second kappa shape index (κ2) is 7.67. The molecular formula is C13H26N2O2. The third-order valence-electron chi connectivity index (χ3n) is 3.10. The number of ether oxygens (including phenoxy) is 1. The lowest BCUT2D eigenvalue weighted by Crippen LogP contribution is -2.46. The van der Waals surface area contributed by atoms with Crippen LogP contribution < -0.4 is 10.6 Å². The fourth-order valence-corrected chi connectivity index (χ4v) is 2.06. The third-order valence-corrected chi connectivity index (χ3v) is 3.10. The highest BCUT2D eigenvalue weighted by Crippen LogP contribution is 2.17. The minimum atomic E-state index is -0.133. The molecule has 0 aromatic heterocycles. The van der Waals surface area contributed by atoms with Crippen LogP contribution in [0.5, 0.6) is 0 Å². The van der Waals surface area contributed by atoms with Crippen LogP contribution in [0.3, 0.4) is 0 Å². The first-order chi connectivity index (χ1) is 8.09. The molecule has 1 unspecified atom stereocenters. The molecule has 0 spiro atoms. The van der Waals surface area contributed by atoms with Crippen LogP contribution in [0.4, 0.5) is 0 Å². The number of carbonyl (C=O) groups excluding carboxylic acids is 1. The molecule has 1 aliphatic carbocycles. The largest absolute Gasteiger partial charge is 0.377 e. The molecule has 1 aliphatic rings. The second-order valence-corrected chi connectivity index (χ2v) is 5.09. The smallest absolute Gasteiger partial charge is 0.237 e. The first-order valence-corrected chi connectivity index (χ1v) is 6.75. The van der Waals surface area contributed by atoms with Crippen LogP contribution in [0.1, 0.15) is 46.5 Å². The predicted octanol–water partition coefficient (Wildman–Crippen LogP) is 1.45. The molecule has 1 saturated carbocycles. The first-order valence-electron chi connectivity index (χ1n) is 6.75. The molecule has 0 aromatic rings. The van der Waals surface area contributed by atoms with E-state index in [2.05, 4.69) is 10.6 Å². The van der Waals surface area contributed by atoms with Gasteiger partial charge in [-0.25, -0.2) is 0 Å². The van der Waals surface area contributed by atoms with Gasteiger partial charge in [0.15, 0.2) is 0 Å². The zero-order chi connectivity index (χ0) is 12.7. The second-order valence-electron chi connectivity index (χ2n) is 5.09. The highest BCUT2D eigenvalue weighted by Gasteiger charge is 2.19. The summed E-state index contributed by atoms with van der Waals surface area (Å²) in [4.78, 5) is 11.8. The van der Waals surface area contributed by atoms with Gasteiger partial charge in [0.2, 0.25) is 5.91 Å². The quantitative estimate of drug-likeness (QED) is 0.664. The van der Waals surface area contributed by atoms with Crippen molar-refractivity contribution in [2.45, 2.75) is 64.6 Å². The van der Waals surface area contributed by atoms with Gasteiger partial charge in [0.05, 0.1) is 18.8 Å². The zero-order valence-electron chi connectivity index (χ0n) is 11.3. The van der Waals surface area contributed by atoms with Crippen molar-refractivity contribution in [2.75, 3.05) is 13.2 Å². The van der Waals surface area contributed by atoms with Gasteiger partial charge in [0.1, 0.15) is 0 Å². The number of hydrogen-bond donors (Lipinski definition) is 2. The van der Waals surface area contributed by atoms with Gasteiger partial charge in [-0.1, -0.05) is 12.8 Å². The maximum atomic E-state index is 11.8. The Morgan fingerprint density at radius 3 is 2.53 bits per heavy atom. The van der Waals surface area contributed by atoms with Crippen molar-refractivity contribution in [2.24, 2.45) is 0 Å². The van der Waals surface area contributed by atoms with E-state index >= 15 is 0 Å². The minimum absolute atomic E-state index is 0.112. The van der Waals surface area contributed by atoms with Crippen LogP contribution in [0.15, 0.2) is 0 Å². The molecule has 100 valence electrons. The van der Waals surface area contributed by atoms with Crippen molar-refractivity contribution < 1.29 is 9.53 Å². The fraction of sp³-hybridized carbons (Fsp3) is 0.923. The predicted molar refractivity (Wildman–Crippen MR) is 69.0 cm³/mol. The number of amides is 1. The minimum Gasteiger partial charge on any atom is -0.377 e. The standard InChI is InChI=1S/C13H26N2O2/c1-10(2)17-9-8-14-11(3)13(16)15-12-6-4-5-7-12/h10-12,14H,4-9H2,1-3H3,(H,15,16). The number of hydrogen-bond acceptors (Lipinski definition) is 3. The topological polar surface area (TPSA) is 50.4 Å². The zero-order valence-corrected chi connectivity index (χ0v) is 11.3. The summed E-state index contributed by atoms with van der Waals surface area (Å²) in [6.07, 6.45) is 5.01. The molecule has 17 heavy (non-hydrogen) atoms. The molecule has 4 nitrogen and oxygen atoms in total. The number of carbonyl (C=O) groups is 1. The van der Waals surface area contributed by atoms with E-state index in [1.165, 1.54) is 12.8 Å². The summed E-state index contributed by atoms with van der Waals surface area (Å²) in [6, 6.07) is 0.269. The molecule has 0 aromatic carbocycles. The van der Waals surface area contributed by atoms with Gasteiger partial charge >= 0.3 is 0 Å². The average molecular weight is 242 g/mol. The molecule has 0 heterocycles. The van der Waals surface area contributed by atoms with Crippen LogP contribution in [0, 0.1) is 0 Å². The van der Waals surface area contributed by atoms with Crippen molar-refractivity contribution in [1.29, 1.82) is 0 Å². The summed E-state index contributed by atoms with van der Waals surface area (Å²) in [7, 11) is 0. The lowest BCUT2D eigenvalue weighted by molar-refractivity contribution is -0.123. The Labute approximate surface area is 104 Å². The van der Waals surface area contributed by atoms with E-state index in [0.29, 0.717) is 12.6 Å². The SMILES string of the molecule is CC(C)OCCNC(C)C(=O)NC1CCCC1. The summed E-state index contributed by atoms with van der Waals surface area (Å²) < 4.78 is 5.41. The summed E-state index contributed by atoms with van der Waals surface area (Å²) in [5.41, 5.74) is 0. The highest BCUT2D eigenvalue weighted by atomic mass is 16.5. The Morgan fingerprint density at radius 1 is 1.29 bits per heavy atom. The lowest BCUT2D eigenvalue weighted by Gasteiger charge is -2.18. The van der Waals surface area contributed by atoms with Gasteiger partial charge in [-0.15, -0.1) is 0 Å². The molecule has 1 fully saturated rings. The summed E-state index contributed by atoms with van der Waals surface area (Å²) >= 11 is 0. The van der Waals surface area contributed by atoms with Crippen LogP contribution in [-0.2, 0) is 9.53 Å². The van der Waals surface area contributed by atoms with Gasteiger partial charge in [-0.2, -0.15) is 0 Å². The van der Waals surface area contributed by atoms with Crippen LogP contribution in [0.25, 0.3) is 0 Å². The molecule has 1 amide bonds. The van der Waals surface area contributed by atoms with Gasteiger partial charge in [-0.3, -0.25) is 4.79 Å². The molecule has 0 bridgehead atoms. The Kier molecular flexibility index (Phi) is 6.52. The van der Waals surface area contributed by atoms with E-state index in [4.69, 9.17) is 4.74 Å². The molecule has 4 heteroatoms. The normalized spacial score (nSPS) is 18.6. The van der Waals surface area contributed by atoms with E-state index in [-0.39, 0.29) is 18.1 Å². The summed E-state index contributed by atoms with van der Waals surface area (Å²) in [5.74, 6) is 0.112. The van der Waals surface area contributed by atoms with E-state index in [1.807, 2.05) is 20.8 Å². The Bertz CT molecular complexity index is 225. The maximum absolute atomic E-state index is 11.8. The lowest BCUT2D eigenvalue weighted by atomic mass is 10.2. The van der Waals surface area contributed by atoms with Gasteiger partial charge in [0, 0.05) is 12.6 Å². The van der Waals surface area contributed by atoms with Crippen LogP contribution in [-0.4, -0.2) is 37.2 Å². The van der Waals surface area contributed by atoms with Crippen molar-refractivity contribution >= 4 is 5.91 Å². The van der Waals surface area contributed by atoms with E-state index in [0.717, 1.165) is 19.4 Å². The number of nitrogens with one attached hydrogen (secondary N) is 2. The first kappa shape index (κ1) is 14.5. The summed E-state index contributed by atoms with van der Waals surface area (Å²) in [6.45, 7) is 7.29. The van der Waals surface area contributed by atoms with Gasteiger partial charge in [-0.05, 0) is 33.6 Å². The van der Waals surface area contributed by atoms with Crippen molar-refractivity contribution in [1.82, 2.24) is 10.6 Å². The summed E-state index contributed by atoms with van der Waals surface area (Å²) in [5, 5.41) is 6.26. The maximum Gasteiger partial charge on any atom is 0.237 e. The van der Waals surface area contributed by atoms with Crippen molar-refractivity contribution in [3.8, 4) is 0 Å². The highest BCUT2D eigenvalue weighted by molar-refractivity contribution is 5.81. The molecule has 2 N–H and O–H groups in total. The molecule has 1 rings (SSSR count). The number of rotatable bonds is 7. The van der Waals surface area contributed by atoms with Crippen LogP contribution in [0.2, 0.25) is 0 Å². The van der Waals surface area contributed by atoms with E-state index in [1.54, 1.807) is 0 Å². The molecule has 1 atom stereocenters. The third kappa shape index (κ3) is 6.03. The van der Waals surface area contributed by atoms with Gasteiger partial charge < -0.3 is 15.4 Å². The van der Waals surface area contributed by atoms with Gasteiger partial charge in [0.25, 0.3) is 0 Å². The van der Waals surface area contributed by atoms with Crippen LogP contribution >= 0.6 is 0 Å². The van der Waals surface area contributed by atoms with Crippen molar-refractivity contribution in [3.63, 3.8) is 0 Å². The average Bonchev–Trinajstić information content (AvgIpc) is 2.76. The Morgan fingerprint density at radius 2 is 1.94 bits per heavy atom. The van der Waals surface area contributed by atoms with Crippen molar-refractivity contribution in [3.05, 3.63) is 0 Å². The molecule has 0 aliphatic heterocycles.